The highest BCUT2D eigenvalue weighted by molar-refractivity contribution is 6.17. The summed E-state index contributed by atoms with van der Waals surface area (Å²) < 4.78 is 8.00. The smallest absolute Gasteiger partial charge is 0.160 e. The lowest BCUT2D eigenvalue weighted by Crippen LogP contribution is -2.25. The molecule has 1 aliphatic heterocycles. The van der Waals surface area contributed by atoms with Crippen LogP contribution in [0.4, 0.5) is 0 Å². The molecular weight excluding hydrogens is 262 g/mol. The van der Waals surface area contributed by atoms with Crippen molar-refractivity contribution in [2.24, 2.45) is 0 Å². The molecule has 3 rings (SSSR count). The summed E-state index contributed by atoms with van der Waals surface area (Å²) in [4.78, 5) is 9.08. The van der Waals surface area contributed by atoms with Crippen molar-refractivity contribution in [1.82, 2.24) is 14.5 Å². The molecule has 19 heavy (non-hydrogen) atoms. The maximum absolute atomic E-state index is 5.87. The molecule has 1 saturated heterocycles. The Morgan fingerprint density at radius 2 is 2.37 bits per heavy atom. The second-order valence-electron chi connectivity index (χ2n) is 4.91. The zero-order valence-corrected chi connectivity index (χ0v) is 11.6. The minimum Gasteiger partial charge on any atom is -0.376 e. The quantitative estimate of drug-likeness (QED) is 0.808. The van der Waals surface area contributed by atoms with E-state index < -0.39 is 0 Å². The second kappa shape index (κ2) is 5.88. The minimum atomic E-state index is 0.280. The Hall–Kier alpha value is -1.13. The van der Waals surface area contributed by atoms with Gasteiger partial charge < -0.3 is 9.30 Å². The van der Waals surface area contributed by atoms with Gasteiger partial charge in [-0.3, -0.25) is 0 Å². The van der Waals surface area contributed by atoms with E-state index >= 15 is 0 Å². The summed E-state index contributed by atoms with van der Waals surface area (Å²) in [5, 5.41) is 0. The van der Waals surface area contributed by atoms with Gasteiger partial charge in [-0.2, -0.15) is 0 Å². The van der Waals surface area contributed by atoms with Crippen molar-refractivity contribution >= 4 is 22.8 Å². The van der Waals surface area contributed by atoms with Crippen LogP contribution >= 0.6 is 11.6 Å². The van der Waals surface area contributed by atoms with E-state index in [1.165, 1.54) is 12.8 Å². The fourth-order valence-electron chi connectivity index (χ4n) is 2.63. The number of nitrogens with zero attached hydrogens (tertiary/aromatic N) is 3. The van der Waals surface area contributed by atoms with Gasteiger partial charge in [0.1, 0.15) is 11.3 Å². The standard InChI is InChI=1S/C14H18ClN3O/c15-7-6-13-17-12-5-3-8-16-14(12)18(13)10-11-4-1-2-9-19-11/h3,5,8,11H,1-2,4,6-7,9-10H2. The van der Waals surface area contributed by atoms with Crippen LogP contribution in [0.1, 0.15) is 25.1 Å². The Labute approximate surface area is 117 Å². The van der Waals surface area contributed by atoms with E-state index in [1.54, 1.807) is 0 Å². The number of ether oxygens (including phenoxy) is 1. The molecule has 4 nitrogen and oxygen atoms in total. The zero-order chi connectivity index (χ0) is 13.1. The monoisotopic (exact) mass is 279 g/mol. The Morgan fingerprint density at radius 3 is 3.16 bits per heavy atom. The van der Waals surface area contributed by atoms with Crippen LogP contribution in [0.15, 0.2) is 18.3 Å². The summed E-state index contributed by atoms with van der Waals surface area (Å²) in [6.45, 7) is 1.70. The van der Waals surface area contributed by atoms with Gasteiger partial charge in [0, 0.05) is 25.1 Å². The van der Waals surface area contributed by atoms with Gasteiger partial charge in [-0.05, 0) is 31.4 Å². The minimum absolute atomic E-state index is 0.280. The number of hydrogen-bond acceptors (Lipinski definition) is 3. The molecule has 0 N–H and O–H groups in total. The van der Waals surface area contributed by atoms with Gasteiger partial charge in [0.15, 0.2) is 5.65 Å². The predicted molar refractivity (Wildman–Crippen MR) is 75.5 cm³/mol. The van der Waals surface area contributed by atoms with E-state index in [-0.39, 0.29) is 6.10 Å². The lowest BCUT2D eigenvalue weighted by atomic mass is 10.1. The van der Waals surface area contributed by atoms with Gasteiger partial charge in [-0.15, -0.1) is 11.6 Å². The van der Waals surface area contributed by atoms with Gasteiger partial charge >= 0.3 is 0 Å². The maximum atomic E-state index is 5.87. The first kappa shape index (κ1) is 12.9. The molecule has 0 spiro atoms. The van der Waals surface area contributed by atoms with Crippen LogP contribution in [0.5, 0.6) is 0 Å². The number of imidazole rings is 1. The molecule has 102 valence electrons. The highest BCUT2D eigenvalue weighted by Gasteiger charge is 2.18. The number of halogens is 1. The van der Waals surface area contributed by atoms with E-state index in [0.717, 1.165) is 43.0 Å². The molecule has 3 heterocycles. The summed E-state index contributed by atoms with van der Waals surface area (Å²) in [5.74, 6) is 1.59. The van der Waals surface area contributed by atoms with E-state index in [9.17, 15) is 0 Å². The number of hydrogen-bond donors (Lipinski definition) is 0. The number of pyridine rings is 1. The van der Waals surface area contributed by atoms with Gasteiger partial charge in [0.2, 0.25) is 0 Å². The van der Waals surface area contributed by atoms with Crippen LogP contribution in [-0.2, 0) is 17.7 Å². The molecule has 0 aliphatic carbocycles. The van der Waals surface area contributed by atoms with E-state index in [4.69, 9.17) is 16.3 Å². The van der Waals surface area contributed by atoms with Gasteiger partial charge in [0.25, 0.3) is 0 Å². The van der Waals surface area contributed by atoms with Crippen LogP contribution in [0.2, 0.25) is 0 Å². The van der Waals surface area contributed by atoms with E-state index in [1.807, 2.05) is 18.3 Å². The fourth-order valence-corrected chi connectivity index (χ4v) is 2.80. The highest BCUT2D eigenvalue weighted by Crippen LogP contribution is 2.19. The Kier molecular flexibility index (Phi) is 3.99. The normalized spacial score (nSPS) is 19.9. The zero-order valence-electron chi connectivity index (χ0n) is 10.9. The van der Waals surface area contributed by atoms with Crippen molar-refractivity contribution in [2.75, 3.05) is 12.5 Å². The molecule has 0 amide bonds. The molecule has 1 fully saturated rings. The number of rotatable bonds is 4. The summed E-state index contributed by atoms with van der Waals surface area (Å²) in [5.41, 5.74) is 1.88. The molecule has 2 aromatic rings. The van der Waals surface area contributed by atoms with Crippen molar-refractivity contribution in [3.63, 3.8) is 0 Å². The van der Waals surface area contributed by atoms with E-state index in [2.05, 4.69) is 14.5 Å². The van der Waals surface area contributed by atoms with Gasteiger partial charge in [0.05, 0.1) is 12.6 Å². The summed E-state index contributed by atoms with van der Waals surface area (Å²) >= 11 is 5.87. The molecule has 1 aliphatic rings. The lowest BCUT2D eigenvalue weighted by molar-refractivity contribution is 0.00613. The number of aryl methyl sites for hydroxylation is 1. The Bertz CT molecular complexity index is 549. The van der Waals surface area contributed by atoms with Crippen molar-refractivity contribution in [3.05, 3.63) is 24.2 Å². The molecule has 2 aromatic heterocycles. The average molecular weight is 280 g/mol. The second-order valence-corrected chi connectivity index (χ2v) is 5.29. The summed E-state index contributed by atoms with van der Waals surface area (Å²) in [7, 11) is 0. The fraction of sp³-hybridized carbons (Fsp3) is 0.571. The summed E-state index contributed by atoms with van der Waals surface area (Å²) in [6.07, 6.45) is 6.40. The molecule has 0 aromatic carbocycles. The molecule has 5 heteroatoms. The molecule has 1 unspecified atom stereocenters. The van der Waals surface area contributed by atoms with Crippen LogP contribution in [0.25, 0.3) is 11.2 Å². The maximum Gasteiger partial charge on any atom is 0.160 e. The Balaban J connectivity index is 1.92. The largest absolute Gasteiger partial charge is 0.376 e. The third-order valence-electron chi connectivity index (χ3n) is 3.56. The average Bonchev–Trinajstić information content (AvgIpc) is 2.79. The van der Waals surface area contributed by atoms with Crippen LogP contribution in [-0.4, -0.2) is 33.1 Å². The first-order valence-electron chi connectivity index (χ1n) is 6.86. The van der Waals surface area contributed by atoms with E-state index in [0.29, 0.717) is 5.88 Å². The first-order chi connectivity index (χ1) is 9.38. The van der Waals surface area contributed by atoms with Crippen LogP contribution in [0.3, 0.4) is 0 Å². The summed E-state index contributed by atoms with van der Waals surface area (Å²) in [6, 6.07) is 3.92. The lowest BCUT2D eigenvalue weighted by Gasteiger charge is -2.23. The molecule has 0 bridgehead atoms. The van der Waals surface area contributed by atoms with Crippen LogP contribution < -0.4 is 0 Å². The van der Waals surface area contributed by atoms with Gasteiger partial charge in [-0.1, -0.05) is 0 Å². The molecular formula is C14H18ClN3O. The molecule has 1 atom stereocenters. The van der Waals surface area contributed by atoms with Crippen LogP contribution in [0, 0.1) is 0 Å². The third kappa shape index (κ3) is 2.74. The van der Waals surface area contributed by atoms with Crippen molar-refractivity contribution in [2.45, 2.75) is 38.3 Å². The molecule has 0 saturated carbocycles. The topological polar surface area (TPSA) is 39.9 Å². The highest BCUT2D eigenvalue weighted by atomic mass is 35.5. The SMILES string of the molecule is ClCCc1nc2cccnc2n1CC1CCCCO1. The third-order valence-corrected chi connectivity index (χ3v) is 3.75. The number of alkyl halides is 1. The molecule has 0 radical (unpaired) electrons. The van der Waals surface area contributed by atoms with Crippen molar-refractivity contribution < 1.29 is 4.74 Å². The number of fused-ring (bicyclic) bond motifs is 1. The number of aromatic nitrogens is 3. The predicted octanol–water partition coefficient (Wildman–Crippen LogP) is 2.78. The first-order valence-corrected chi connectivity index (χ1v) is 7.39. The van der Waals surface area contributed by atoms with Gasteiger partial charge in [-0.25, -0.2) is 9.97 Å². The van der Waals surface area contributed by atoms with Crippen molar-refractivity contribution in [3.8, 4) is 0 Å². The Morgan fingerprint density at radius 1 is 1.42 bits per heavy atom. The van der Waals surface area contributed by atoms with Crippen molar-refractivity contribution in [1.29, 1.82) is 0 Å².